The number of ketones is 1. The molecule has 0 aromatic heterocycles. The van der Waals surface area contributed by atoms with Crippen molar-refractivity contribution in [1.29, 1.82) is 0 Å². The van der Waals surface area contributed by atoms with Gasteiger partial charge in [0.05, 0.1) is 20.3 Å². The molecular weight excluding hydrogens is 250 g/mol. The maximum atomic E-state index is 11.4. The van der Waals surface area contributed by atoms with Crippen LogP contribution in [0.4, 0.5) is 0 Å². The van der Waals surface area contributed by atoms with Gasteiger partial charge in [-0.2, -0.15) is 0 Å². The molecule has 108 valence electrons. The summed E-state index contributed by atoms with van der Waals surface area (Å²) in [4.78, 5) is 25.0. The van der Waals surface area contributed by atoms with Crippen molar-refractivity contribution < 1.29 is 24.2 Å². The SMILES string of the molecule is COC(=O)C(O)(C/C=C/CN1CCOCC1)C(C)=O. The van der Waals surface area contributed by atoms with E-state index in [0.29, 0.717) is 19.8 Å². The molecule has 19 heavy (non-hydrogen) atoms. The first kappa shape index (κ1) is 15.8. The maximum absolute atomic E-state index is 11.4. The van der Waals surface area contributed by atoms with Crippen LogP contribution in [0.3, 0.4) is 0 Å². The van der Waals surface area contributed by atoms with Gasteiger partial charge in [-0.1, -0.05) is 12.2 Å². The van der Waals surface area contributed by atoms with Gasteiger partial charge in [0.1, 0.15) is 0 Å². The van der Waals surface area contributed by atoms with Crippen molar-refractivity contribution >= 4 is 11.8 Å². The van der Waals surface area contributed by atoms with E-state index in [1.807, 2.05) is 6.08 Å². The molecule has 0 aromatic carbocycles. The van der Waals surface area contributed by atoms with E-state index in [9.17, 15) is 14.7 Å². The Labute approximate surface area is 113 Å². The molecule has 0 spiro atoms. The van der Waals surface area contributed by atoms with Crippen molar-refractivity contribution in [3.8, 4) is 0 Å². The Balaban J connectivity index is 2.47. The Bertz CT molecular complexity index is 349. The lowest BCUT2D eigenvalue weighted by Gasteiger charge is -2.25. The molecule has 6 heteroatoms. The lowest BCUT2D eigenvalue weighted by Crippen LogP contribution is -2.45. The topological polar surface area (TPSA) is 76.1 Å². The molecule has 1 N–H and O–H groups in total. The molecule has 0 aromatic rings. The Morgan fingerprint density at radius 2 is 2.00 bits per heavy atom. The summed E-state index contributed by atoms with van der Waals surface area (Å²) in [6, 6.07) is 0. The smallest absolute Gasteiger partial charge is 0.346 e. The molecule has 0 bridgehead atoms. The first-order valence-electron chi connectivity index (χ1n) is 6.27. The third-order valence-electron chi connectivity index (χ3n) is 3.15. The molecule has 1 heterocycles. The van der Waals surface area contributed by atoms with Crippen LogP contribution in [0.5, 0.6) is 0 Å². The molecule has 1 rings (SSSR count). The molecule has 0 amide bonds. The van der Waals surface area contributed by atoms with E-state index in [-0.39, 0.29) is 6.42 Å². The molecular formula is C13H21NO5. The largest absolute Gasteiger partial charge is 0.467 e. The number of esters is 1. The summed E-state index contributed by atoms with van der Waals surface area (Å²) < 4.78 is 9.68. The average molecular weight is 271 g/mol. The van der Waals surface area contributed by atoms with E-state index in [0.717, 1.165) is 20.2 Å². The van der Waals surface area contributed by atoms with Gasteiger partial charge in [0, 0.05) is 26.1 Å². The summed E-state index contributed by atoms with van der Waals surface area (Å²) in [5, 5.41) is 9.99. The van der Waals surface area contributed by atoms with Crippen LogP contribution in [0.1, 0.15) is 13.3 Å². The number of nitrogens with zero attached hydrogens (tertiary/aromatic N) is 1. The van der Waals surface area contributed by atoms with Crippen LogP contribution in [-0.2, 0) is 19.1 Å². The van der Waals surface area contributed by atoms with Crippen LogP contribution in [0, 0.1) is 0 Å². The molecule has 6 nitrogen and oxygen atoms in total. The molecule has 1 aliphatic heterocycles. The van der Waals surface area contributed by atoms with Crippen molar-refractivity contribution in [2.75, 3.05) is 40.0 Å². The van der Waals surface area contributed by atoms with Crippen LogP contribution in [0.15, 0.2) is 12.2 Å². The number of hydrogen-bond donors (Lipinski definition) is 1. The zero-order valence-corrected chi connectivity index (χ0v) is 11.4. The van der Waals surface area contributed by atoms with Crippen molar-refractivity contribution in [2.24, 2.45) is 0 Å². The van der Waals surface area contributed by atoms with Gasteiger partial charge in [0.2, 0.25) is 5.60 Å². The second-order valence-electron chi connectivity index (χ2n) is 4.50. The van der Waals surface area contributed by atoms with Gasteiger partial charge in [0.25, 0.3) is 0 Å². The van der Waals surface area contributed by atoms with Crippen molar-refractivity contribution in [1.82, 2.24) is 4.90 Å². The van der Waals surface area contributed by atoms with E-state index < -0.39 is 17.4 Å². The molecule has 1 saturated heterocycles. The number of carbonyl (C=O) groups is 2. The van der Waals surface area contributed by atoms with E-state index in [2.05, 4.69) is 9.64 Å². The Morgan fingerprint density at radius 1 is 1.37 bits per heavy atom. The molecule has 1 atom stereocenters. The van der Waals surface area contributed by atoms with Crippen LogP contribution in [0.25, 0.3) is 0 Å². The quantitative estimate of drug-likeness (QED) is 0.408. The fourth-order valence-corrected chi connectivity index (χ4v) is 1.80. The highest BCUT2D eigenvalue weighted by Gasteiger charge is 2.41. The molecule has 0 saturated carbocycles. The summed E-state index contributed by atoms with van der Waals surface area (Å²) in [6.07, 6.45) is 3.40. The monoisotopic (exact) mass is 271 g/mol. The number of hydrogen-bond acceptors (Lipinski definition) is 6. The number of morpholine rings is 1. The first-order chi connectivity index (χ1) is 9.00. The second-order valence-corrected chi connectivity index (χ2v) is 4.50. The summed E-state index contributed by atoms with van der Waals surface area (Å²) in [5.74, 6) is -1.54. The standard InChI is InChI=1S/C13H21NO5/c1-11(15)13(17,12(16)18-2)5-3-4-6-14-7-9-19-10-8-14/h3-4,17H,5-10H2,1-2H3/b4-3+. The number of Topliss-reactive ketones (excluding diaryl/α,β-unsaturated/α-hetero) is 1. The third kappa shape index (κ3) is 4.41. The summed E-state index contributed by atoms with van der Waals surface area (Å²) in [7, 11) is 1.15. The summed E-state index contributed by atoms with van der Waals surface area (Å²) >= 11 is 0. The van der Waals surface area contributed by atoms with Gasteiger partial charge in [0.15, 0.2) is 5.78 Å². The molecule has 1 aliphatic rings. The van der Waals surface area contributed by atoms with Gasteiger partial charge < -0.3 is 14.6 Å². The van der Waals surface area contributed by atoms with Crippen LogP contribution < -0.4 is 0 Å². The minimum Gasteiger partial charge on any atom is -0.467 e. The first-order valence-corrected chi connectivity index (χ1v) is 6.27. The second kappa shape index (κ2) is 7.37. The van der Waals surface area contributed by atoms with Gasteiger partial charge in [-0.3, -0.25) is 9.69 Å². The highest BCUT2D eigenvalue weighted by molar-refractivity contribution is 6.05. The van der Waals surface area contributed by atoms with Crippen molar-refractivity contribution in [2.45, 2.75) is 18.9 Å². The lowest BCUT2D eigenvalue weighted by atomic mass is 9.95. The van der Waals surface area contributed by atoms with Gasteiger partial charge in [-0.05, 0) is 6.92 Å². The molecule has 0 aliphatic carbocycles. The predicted octanol–water partition coefficient (Wildman–Crippen LogP) is -0.242. The van der Waals surface area contributed by atoms with E-state index in [1.54, 1.807) is 6.08 Å². The third-order valence-corrected chi connectivity index (χ3v) is 3.15. The highest BCUT2D eigenvalue weighted by Crippen LogP contribution is 2.15. The van der Waals surface area contributed by atoms with E-state index >= 15 is 0 Å². The van der Waals surface area contributed by atoms with Crippen molar-refractivity contribution in [3.63, 3.8) is 0 Å². The fourth-order valence-electron chi connectivity index (χ4n) is 1.80. The van der Waals surface area contributed by atoms with Gasteiger partial charge in [-0.15, -0.1) is 0 Å². The Morgan fingerprint density at radius 3 is 2.53 bits per heavy atom. The van der Waals surface area contributed by atoms with E-state index in [1.165, 1.54) is 6.92 Å². The Kier molecular flexibility index (Phi) is 6.14. The van der Waals surface area contributed by atoms with E-state index in [4.69, 9.17) is 4.74 Å². The van der Waals surface area contributed by atoms with Crippen molar-refractivity contribution in [3.05, 3.63) is 12.2 Å². The van der Waals surface area contributed by atoms with Crippen LogP contribution in [-0.4, -0.2) is 67.3 Å². The maximum Gasteiger partial charge on any atom is 0.346 e. The molecule has 1 unspecified atom stereocenters. The number of aliphatic hydroxyl groups is 1. The molecule has 0 radical (unpaired) electrons. The average Bonchev–Trinajstić information content (AvgIpc) is 2.43. The van der Waals surface area contributed by atoms with Crippen LogP contribution >= 0.6 is 0 Å². The summed E-state index contributed by atoms with van der Waals surface area (Å²) in [6.45, 7) is 5.03. The normalized spacial score (nSPS) is 20.2. The number of carbonyl (C=O) groups excluding carboxylic acids is 2. The van der Waals surface area contributed by atoms with Crippen LogP contribution in [0.2, 0.25) is 0 Å². The zero-order chi connectivity index (χ0) is 14.3. The summed E-state index contributed by atoms with van der Waals surface area (Å²) in [5.41, 5.74) is -2.07. The minimum absolute atomic E-state index is 0.0701. The van der Waals surface area contributed by atoms with Gasteiger partial charge >= 0.3 is 5.97 Å². The predicted molar refractivity (Wildman–Crippen MR) is 68.7 cm³/mol. The highest BCUT2D eigenvalue weighted by atomic mass is 16.5. The zero-order valence-electron chi connectivity index (χ0n) is 11.4. The fraction of sp³-hybridized carbons (Fsp3) is 0.692. The molecule has 1 fully saturated rings. The van der Waals surface area contributed by atoms with Gasteiger partial charge in [-0.25, -0.2) is 4.79 Å². The number of rotatable bonds is 6. The Hall–Kier alpha value is -1.24. The minimum atomic E-state index is -2.07. The number of ether oxygens (including phenoxy) is 2. The lowest BCUT2D eigenvalue weighted by molar-refractivity contribution is -0.167. The number of methoxy groups -OCH3 is 1.